The Morgan fingerprint density at radius 3 is 2.75 bits per heavy atom. The van der Waals surface area contributed by atoms with Crippen LogP contribution in [0.4, 0.5) is 4.39 Å². The quantitative estimate of drug-likeness (QED) is 0.637. The summed E-state index contributed by atoms with van der Waals surface area (Å²) in [6, 6.07) is 0. The SMILES string of the molecule is C/C=C/CNC(=O)C1(CF)CC1. The second-order valence-electron chi connectivity index (χ2n) is 3.19. The van der Waals surface area contributed by atoms with E-state index < -0.39 is 12.1 Å². The zero-order valence-electron chi connectivity index (χ0n) is 7.27. The number of halogens is 1. The summed E-state index contributed by atoms with van der Waals surface area (Å²) in [5.41, 5.74) is -0.651. The molecule has 2 nitrogen and oxygen atoms in total. The van der Waals surface area contributed by atoms with Gasteiger partial charge in [0.1, 0.15) is 6.67 Å². The molecule has 0 aromatic heterocycles. The molecule has 1 N–H and O–H groups in total. The molecule has 0 aromatic rings. The van der Waals surface area contributed by atoms with Crippen molar-refractivity contribution < 1.29 is 9.18 Å². The van der Waals surface area contributed by atoms with E-state index in [1.807, 2.05) is 19.1 Å². The third-order valence-electron chi connectivity index (χ3n) is 2.21. The van der Waals surface area contributed by atoms with Crippen LogP contribution in [0.1, 0.15) is 19.8 Å². The Morgan fingerprint density at radius 2 is 2.33 bits per heavy atom. The lowest BCUT2D eigenvalue weighted by molar-refractivity contribution is -0.126. The Hall–Kier alpha value is -0.860. The number of nitrogens with one attached hydrogen (secondary N) is 1. The third kappa shape index (κ3) is 1.84. The van der Waals surface area contributed by atoms with Crippen LogP contribution < -0.4 is 5.32 Å². The first kappa shape index (κ1) is 9.23. The van der Waals surface area contributed by atoms with Gasteiger partial charge in [-0.1, -0.05) is 12.2 Å². The van der Waals surface area contributed by atoms with Crippen molar-refractivity contribution in [1.29, 1.82) is 0 Å². The molecule has 0 heterocycles. The minimum atomic E-state index is -0.651. The van der Waals surface area contributed by atoms with Crippen molar-refractivity contribution >= 4 is 5.91 Å². The van der Waals surface area contributed by atoms with Crippen LogP contribution >= 0.6 is 0 Å². The van der Waals surface area contributed by atoms with Crippen LogP contribution in [0.3, 0.4) is 0 Å². The van der Waals surface area contributed by atoms with Crippen LogP contribution in [-0.2, 0) is 4.79 Å². The molecule has 1 rings (SSSR count). The number of hydrogen-bond acceptors (Lipinski definition) is 1. The van der Waals surface area contributed by atoms with Gasteiger partial charge < -0.3 is 5.32 Å². The summed E-state index contributed by atoms with van der Waals surface area (Å²) in [5.74, 6) is -0.136. The molecule has 1 aliphatic carbocycles. The van der Waals surface area contributed by atoms with Crippen LogP contribution in [0.2, 0.25) is 0 Å². The normalized spacial score (nSPS) is 19.5. The third-order valence-corrected chi connectivity index (χ3v) is 2.21. The maximum atomic E-state index is 12.3. The molecular formula is C9H14FNO. The highest BCUT2D eigenvalue weighted by atomic mass is 19.1. The molecule has 3 heteroatoms. The summed E-state index contributed by atoms with van der Waals surface area (Å²) in [4.78, 5) is 11.2. The molecule has 0 aliphatic heterocycles. The van der Waals surface area contributed by atoms with Crippen molar-refractivity contribution in [1.82, 2.24) is 5.32 Å². The Bertz CT molecular complexity index is 197. The van der Waals surface area contributed by atoms with E-state index >= 15 is 0 Å². The average molecular weight is 171 g/mol. The van der Waals surface area contributed by atoms with E-state index in [4.69, 9.17) is 0 Å². The van der Waals surface area contributed by atoms with E-state index in [2.05, 4.69) is 5.32 Å². The second-order valence-corrected chi connectivity index (χ2v) is 3.19. The van der Waals surface area contributed by atoms with E-state index in [9.17, 15) is 9.18 Å². The number of allylic oxidation sites excluding steroid dienone is 1. The number of rotatable bonds is 4. The fraction of sp³-hybridized carbons (Fsp3) is 0.667. The monoisotopic (exact) mass is 171 g/mol. The Morgan fingerprint density at radius 1 is 1.67 bits per heavy atom. The summed E-state index contributed by atoms with van der Waals surface area (Å²) < 4.78 is 12.3. The summed E-state index contributed by atoms with van der Waals surface area (Å²) in [6.07, 6.45) is 5.10. The van der Waals surface area contributed by atoms with Gasteiger partial charge >= 0.3 is 0 Å². The van der Waals surface area contributed by atoms with Gasteiger partial charge in [-0.25, -0.2) is 4.39 Å². The summed E-state index contributed by atoms with van der Waals surface area (Å²) in [6.45, 7) is 1.87. The molecule has 1 saturated carbocycles. The highest BCUT2D eigenvalue weighted by Crippen LogP contribution is 2.46. The maximum absolute atomic E-state index is 12.3. The number of hydrogen-bond donors (Lipinski definition) is 1. The van der Waals surface area contributed by atoms with Gasteiger partial charge in [0.2, 0.25) is 5.91 Å². The second kappa shape index (κ2) is 3.70. The standard InChI is InChI=1S/C9H14FNO/c1-2-3-6-11-8(12)9(7-10)4-5-9/h2-3H,4-7H2,1H3,(H,11,12)/b3-2+. The van der Waals surface area contributed by atoms with Crippen molar-refractivity contribution in [3.05, 3.63) is 12.2 Å². The molecular weight excluding hydrogens is 157 g/mol. The van der Waals surface area contributed by atoms with Gasteiger partial charge in [0, 0.05) is 6.54 Å². The van der Waals surface area contributed by atoms with Gasteiger partial charge in [-0.05, 0) is 19.8 Å². The summed E-state index contributed by atoms with van der Waals surface area (Å²) in [7, 11) is 0. The first-order chi connectivity index (χ1) is 5.75. The molecule has 12 heavy (non-hydrogen) atoms. The van der Waals surface area contributed by atoms with Crippen LogP contribution in [0.25, 0.3) is 0 Å². The first-order valence-electron chi connectivity index (χ1n) is 4.20. The van der Waals surface area contributed by atoms with E-state index in [1.165, 1.54) is 0 Å². The molecule has 68 valence electrons. The van der Waals surface area contributed by atoms with Gasteiger partial charge in [-0.2, -0.15) is 0 Å². The van der Waals surface area contributed by atoms with Crippen LogP contribution in [0.5, 0.6) is 0 Å². The molecule has 0 saturated heterocycles. The average Bonchev–Trinajstić information content (AvgIpc) is 2.85. The molecule has 1 amide bonds. The van der Waals surface area contributed by atoms with Crippen LogP contribution in [-0.4, -0.2) is 19.1 Å². The van der Waals surface area contributed by atoms with Crippen LogP contribution in [0.15, 0.2) is 12.2 Å². The van der Waals surface area contributed by atoms with Crippen molar-refractivity contribution in [2.75, 3.05) is 13.2 Å². The Balaban J connectivity index is 2.29. The van der Waals surface area contributed by atoms with Gasteiger partial charge in [-0.3, -0.25) is 4.79 Å². The van der Waals surface area contributed by atoms with Gasteiger partial charge in [-0.15, -0.1) is 0 Å². The zero-order valence-corrected chi connectivity index (χ0v) is 7.27. The van der Waals surface area contributed by atoms with Crippen molar-refractivity contribution in [2.24, 2.45) is 5.41 Å². The predicted octanol–water partition coefficient (Wildman–Crippen LogP) is 1.43. The largest absolute Gasteiger partial charge is 0.352 e. The zero-order chi connectivity index (χ0) is 9.03. The van der Waals surface area contributed by atoms with Gasteiger partial charge in [0.05, 0.1) is 5.41 Å². The number of amides is 1. The van der Waals surface area contributed by atoms with Crippen LogP contribution in [0, 0.1) is 5.41 Å². The van der Waals surface area contributed by atoms with E-state index in [-0.39, 0.29) is 5.91 Å². The lowest BCUT2D eigenvalue weighted by atomic mass is 10.1. The minimum Gasteiger partial charge on any atom is -0.352 e. The highest BCUT2D eigenvalue weighted by Gasteiger charge is 2.49. The van der Waals surface area contributed by atoms with Crippen molar-refractivity contribution in [3.63, 3.8) is 0 Å². The molecule has 0 radical (unpaired) electrons. The minimum absolute atomic E-state index is 0.136. The molecule has 0 spiro atoms. The first-order valence-corrected chi connectivity index (χ1v) is 4.20. The van der Waals surface area contributed by atoms with E-state index in [0.29, 0.717) is 19.4 Å². The number of carbonyl (C=O) groups is 1. The van der Waals surface area contributed by atoms with Gasteiger partial charge in [0.25, 0.3) is 0 Å². The van der Waals surface area contributed by atoms with Crippen molar-refractivity contribution in [3.8, 4) is 0 Å². The Kier molecular flexibility index (Phi) is 2.84. The molecule has 1 aliphatic rings. The van der Waals surface area contributed by atoms with Gasteiger partial charge in [0.15, 0.2) is 0 Å². The van der Waals surface area contributed by atoms with Crippen molar-refractivity contribution in [2.45, 2.75) is 19.8 Å². The fourth-order valence-electron chi connectivity index (χ4n) is 1.03. The number of alkyl halides is 1. The summed E-state index contributed by atoms with van der Waals surface area (Å²) in [5, 5.41) is 2.67. The van der Waals surface area contributed by atoms with E-state index in [0.717, 1.165) is 0 Å². The topological polar surface area (TPSA) is 29.1 Å². The fourth-order valence-corrected chi connectivity index (χ4v) is 1.03. The molecule has 1 fully saturated rings. The maximum Gasteiger partial charge on any atom is 0.229 e. The molecule has 0 atom stereocenters. The summed E-state index contributed by atoms with van der Waals surface area (Å²) >= 11 is 0. The molecule has 0 bridgehead atoms. The molecule has 0 aromatic carbocycles. The molecule has 0 unspecified atom stereocenters. The lowest BCUT2D eigenvalue weighted by Gasteiger charge is -2.08. The Labute approximate surface area is 71.8 Å². The smallest absolute Gasteiger partial charge is 0.229 e. The lowest BCUT2D eigenvalue weighted by Crippen LogP contribution is -2.33. The van der Waals surface area contributed by atoms with E-state index in [1.54, 1.807) is 0 Å². The highest BCUT2D eigenvalue weighted by molar-refractivity contribution is 5.85. The number of carbonyl (C=O) groups excluding carboxylic acids is 1. The predicted molar refractivity (Wildman–Crippen MR) is 45.5 cm³/mol.